The van der Waals surface area contributed by atoms with Gasteiger partial charge in [0.15, 0.2) is 0 Å². The largest absolute Gasteiger partial charge is 0.370 e. The molecule has 0 bridgehead atoms. The molecule has 0 saturated heterocycles. The van der Waals surface area contributed by atoms with Gasteiger partial charge in [-0.15, -0.1) is 0 Å². The highest BCUT2D eigenvalue weighted by Gasteiger charge is 2.10. The van der Waals surface area contributed by atoms with Gasteiger partial charge in [-0.1, -0.05) is 37.3 Å². The van der Waals surface area contributed by atoms with Crippen LogP contribution in [0.15, 0.2) is 42.5 Å². The first-order valence-corrected chi connectivity index (χ1v) is 6.87. The fourth-order valence-corrected chi connectivity index (χ4v) is 1.84. The van der Waals surface area contributed by atoms with E-state index in [0.717, 1.165) is 18.5 Å². The predicted octanol–water partition coefficient (Wildman–Crippen LogP) is 3.42. The molecule has 1 aromatic carbocycles. The molecule has 2 aromatic rings. The van der Waals surface area contributed by atoms with Gasteiger partial charge in [-0.3, -0.25) is 10.1 Å². The fraction of sp³-hybridized carbons (Fsp3) is 0.267. The van der Waals surface area contributed by atoms with E-state index in [9.17, 15) is 10.1 Å². The van der Waals surface area contributed by atoms with Crippen LogP contribution in [0.5, 0.6) is 0 Å². The Labute approximate surface area is 123 Å². The van der Waals surface area contributed by atoms with Crippen LogP contribution in [0.2, 0.25) is 0 Å². The van der Waals surface area contributed by atoms with Crippen LogP contribution in [-0.2, 0) is 6.54 Å². The van der Waals surface area contributed by atoms with Gasteiger partial charge in [-0.25, -0.2) is 4.98 Å². The molecular formula is C15H18N4O2. The summed E-state index contributed by atoms with van der Waals surface area (Å²) in [6.07, 6.45) is 0.928. The van der Waals surface area contributed by atoms with Crippen LogP contribution < -0.4 is 10.6 Å². The number of aromatic nitrogens is 1. The molecule has 0 aliphatic rings. The van der Waals surface area contributed by atoms with E-state index in [-0.39, 0.29) is 5.69 Å². The molecule has 1 heterocycles. The van der Waals surface area contributed by atoms with Crippen molar-refractivity contribution in [2.45, 2.75) is 19.9 Å². The normalized spacial score (nSPS) is 10.1. The average molecular weight is 286 g/mol. The van der Waals surface area contributed by atoms with Crippen LogP contribution in [0, 0.1) is 10.1 Å². The molecule has 0 fully saturated rings. The number of hydrogen-bond donors (Lipinski definition) is 2. The number of benzene rings is 1. The van der Waals surface area contributed by atoms with E-state index in [0.29, 0.717) is 18.2 Å². The number of nitrogens with one attached hydrogen (secondary N) is 2. The molecule has 0 radical (unpaired) electrons. The summed E-state index contributed by atoms with van der Waals surface area (Å²) in [7, 11) is 0. The van der Waals surface area contributed by atoms with Crippen molar-refractivity contribution in [1.82, 2.24) is 4.98 Å². The van der Waals surface area contributed by atoms with Gasteiger partial charge in [0.05, 0.1) is 17.1 Å². The summed E-state index contributed by atoms with van der Waals surface area (Å²) in [5.74, 6) is 1.01. The van der Waals surface area contributed by atoms with Crippen molar-refractivity contribution in [1.29, 1.82) is 0 Å². The molecule has 0 aliphatic heterocycles. The van der Waals surface area contributed by atoms with Gasteiger partial charge in [0.2, 0.25) is 0 Å². The first kappa shape index (κ1) is 14.8. The second-order valence-electron chi connectivity index (χ2n) is 4.62. The monoisotopic (exact) mass is 286 g/mol. The van der Waals surface area contributed by atoms with E-state index < -0.39 is 4.92 Å². The summed E-state index contributed by atoms with van der Waals surface area (Å²) in [6, 6.07) is 12.7. The Morgan fingerprint density at radius 3 is 2.43 bits per heavy atom. The Morgan fingerprint density at radius 1 is 1.14 bits per heavy atom. The minimum absolute atomic E-state index is 0.0270. The highest BCUT2D eigenvalue weighted by molar-refractivity contribution is 5.54. The van der Waals surface area contributed by atoms with Crippen LogP contribution in [0.25, 0.3) is 0 Å². The van der Waals surface area contributed by atoms with Gasteiger partial charge < -0.3 is 10.6 Å². The van der Waals surface area contributed by atoms with Gasteiger partial charge in [-0.05, 0) is 12.0 Å². The topological polar surface area (TPSA) is 80.1 Å². The minimum Gasteiger partial charge on any atom is -0.370 e. The Kier molecular flexibility index (Phi) is 5.09. The first-order valence-electron chi connectivity index (χ1n) is 6.87. The van der Waals surface area contributed by atoms with E-state index in [1.165, 1.54) is 12.1 Å². The molecule has 2 rings (SSSR count). The van der Waals surface area contributed by atoms with Crippen LogP contribution in [0.1, 0.15) is 18.9 Å². The molecular weight excluding hydrogens is 268 g/mol. The molecule has 0 aliphatic carbocycles. The molecule has 6 nitrogen and oxygen atoms in total. The van der Waals surface area contributed by atoms with Crippen molar-refractivity contribution in [3.63, 3.8) is 0 Å². The van der Waals surface area contributed by atoms with Crippen LogP contribution in [0.4, 0.5) is 17.3 Å². The summed E-state index contributed by atoms with van der Waals surface area (Å²) >= 11 is 0. The summed E-state index contributed by atoms with van der Waals surface area (Å²) in [5.41, 5.74) is 1.12. The smallest absolute Gasteiger partial charge is 0.276 e. The van der Waals surface area contributed by atoms with Gasteiger partial charge in [-0.2, -0.15) is 0 Å². The Bertz CT molecular complexity index is 602. The van der Waals surface area contributed by atoms with Crippen molar-refractivity contribution in [2.24, 2.45) is 0 Å². The number of nitro groups is 1. The van der Waals surface area contributed by atoms with Crippen LogP contribution in [0.3, 0.4) is 0 Å². The summed E-state index contributed by atoms with van der Waals surface area (Å²) in [4.78, 5) is 14.9. The number of anilines is 2. The third-order valence-electron chi connectivity index (χ3n) is 2.89. The number of rotatable bonds is 7. The van der Waals surface area contributed by atoms with Crippen molar-refractivity contribution >= 4 is 17.3 Å². The van der Waals surface area contributed by atoms with E-state index >= 15 is 0 Å². The highest BCUT2D eigenvalue weighted by atomic mass is 16.6. The molecule has 1 aromatic heterocycles. The zero-order valence-electron chi connectivity index (χ0n) is 11.9. The van der Waals surface area contributed by atoms with E-state index in [1.54, 1.807) is 0 Å². The Morgan fingerprint density at radius 2 is 1.81 bits per heavy atom. The lowest BCUT2D eigenvalue weighted by Gasteiger charge is -2.09. The molecule has 0 unspecified atom stereocenters. The van der Waals surface area contributed by atoms with Crippen molar-refractivity contribution in [3.8, 4) is 0 Å². The molecule has 6 heteroatoms. The van der Waals surface area contributed by atoms with E-state index in [2.05, 4.69) is 15.6 Å². The lowest BCUT2D eigenvalue weighted by Crippen LogP contribution is -2.07. The maximum Gasteiger partial charge on any atom is 0.276 e. The molecule has 110 valence electrons. The average Bonchev–Trinajstić information content (AvgIpc) is 2.51. The lowest BCUT2D eigenvalue weighted by molar-refractivity contribution is -0.384. The lowest BCUT2D eigenvalue weighted by atomic mass is 10.2. The Balaban J connectivity index is 2.13. The zero-order valence-corrected chi connectivity index (χ0v) is 11.9. The second-order valence-corrected chi connectivity index (χ2v) is 4.62. The van der Waals surface area contributed by atoms with Crippen molar-refractivity contribution in [2.75, 3.05) is 17.2 Å². The molecule has 21 heavy (non-hydrogen) atoms. The van der Waals surface area contributed by atoms with E-state index in [4.69, 9.17) is 0 Å². The van der Waals surface area contributed by atoms with Crippen LogP contribution >= 0.6 is 0 Å². The molecule has 0 spiro atoms. The summed E-state index contributed by atoms with van der Waals surface area (Å²) in [6.45, 7) is 3.33. The summed E-state index contributed by atoms with van der Waals surface area (Å²) in [5, 5.41) is 17.2. The van der Waals surface area contributed by atoms with Crippen molar-refractivity contribution < 1.29 is 4.92 Å². The molecule has 0 saturated carbocycles. The standard InChI is InChI=1S/C15H18N4O2/c1-2-8-16-14-9-13(19(20)21)10-15(18-14)17-11-12-6-4-3-5-7-12/h3-7,9-10H,2,8,11H2,1H3,(H2,16,17,18). The quantitative estimate of drug-likeness (QED) is 0.602. The SMILES string of the molecule is CCCNc1cc([N+](=O)[O-])cc(NCc2ccccc2)n1. The zero-order chi connectivity index (χ0) is 15.1. The number of pyridine rings is 1. The maximum absolute atomic E-state index is 11.0. The van der Waals surface area contributed by atoms with Gasteiger partial charge in [0, 0.05) is 13.1 Å². The first-order chi connectivity index (χ1) is 10.2. The molecule has 0 atom stereocenters. The van der Waals surface area contributed by atoms with Crippen LogP contribution in [-0.4, -0.2) is 16.5 Å². The Hall–Kier alpha value is -2.63. The number of hydrogen-bond acceptors (Lipinski definition) is 5. The summed E-state index contributed by atoms with van der Waals surface area (Å²) < 4.78 is 0. The molecule has 2 N–H and O–H groups in total. The third-order valence-corrected chi connectivity index (χ3v) is 2.89. The van der Waals surface area contributed by atoms with Gasteiger partial charge in [0.25, 0.3) is 5.69 Å². The number of nitrogens with zero attached hydrogens (tertiary/aromatic N) is 2. The van der Waals surface area contributed by atoms with Gasteiger partial charge >= 0.3 is 0 Å². The second kappa shape index (κ2) is 7.23. The minimum atomic E-state index is -0.410. The maximum atomic E-state index is 11.0. The fourth-order valence-electron chi connectivity index (χ4n) is 1.84. The van der Waals surface area contributed by atoms with Crippen molar-refractivity contribution in [3.05, 3.63) is 58.1 Å². The van der Waals surface area contributed by atoms with Gasteiger partial charge in [0.1, 0.15) is 11.6 Å². The molecule has 0 amide bonds. The predicted molar refractivity (Wildman–Crippen MR) is 83.4 cm³/mol. The third kappa shape index (κ3) is 4.45. The highest BCUT2D eigenvalue weighted by Crippen LogP contribution is 2.21. The van der Waals surface area contributed by atoms with E-state index in [1.807, 2.05) is 37.3 Å².